The average molecular weight is 839 g/mol. The molecule has 0 aliphatic carbocycles. The van der Waals surface area contributed by atoms with Crippen LogP contribution in [0, 0.1) is 0 Å². The molecule has 0 aliphatic rings. The fraction of sp³-hybridized carbons (Fsp3) is 0.894. The number of nitrogens with zero attached hydrogens (tertiary/aromatic N) is 3. The molecule has 0 rings (SSSR count). The third kappa shape index (κ3) is 41.9. The minimum atomic E-state index is -1.09. The van der Waals surface area contributed by atoms with Crippen molar-refractivity contribution in [2.75, 3.05) is 65.4 Å². The van der Waals surface area contributed by atoms with Crippen molar-refractivity contribution in [3.05, 3.63) is 0 Å². The third-order valence-electron chi connectivity index (χ3n) is 11.2. The molecule has 59 heavy (non-hydrogen) atoms. The Hall–Kier alpha value is -2.57. The van der Waals surface area contributed by atoms with E-state index in [1.165, 1.54) is 157 Å². The standard InChI is InChI=1S/C47H90N4O8/c1-3-5-7-9-11-13-15-17-19-20-22-24-26-28-30-32-43(52)38-50(41-46(56)57)36-34-49(40-45(54)55)35-37-51(42-47(58)59)39-44(53)48-33-31-29-27-25-23-21-18-16-14-12-10-8-6-4-2/h3-42H2,1-2H3,(H,48,53)(H,54,55)(H,56,57)(H,58,59). The first-order valence-corrected chi connectivity index (χ1v) is 24.2. The fourth-order valence-electron chi connectivity index (χ4n) is 7.67. The van der Waals surface area contributed by atoms with Gasteiger partial charge in [0.1, 0.15) is 5.78 Å². The average Bonchev–Trinajstić information content (AvgIpc) is 3.18. The maximum atomic E-state index is 12.8. The van der Waals surface area contributed by atoms with Gasteiger partial charge >= 0.3 is 17.9 Å². The molecule has 0 radical (unpaired) electrons. The van der Waals surface area contributed by atoms with Crippen LogP contribution in [0.1, 0.15) is 206 Å². The van der Waals surface area contributed by atoms with Gasteiger partial charge in [-0.3, -0.25) is 38.7 Å². The summed E-state index contributed by atoms with van der Waals surface area (Å²) < 4.78 is 0. The van der Waals surface area contributed by atoms with Gasteiger partial charge in [-0.1, -0.05) is 187 Å². The van der Waals surface area contributed by atoms with Crippen molar-refractivity contribution in [1.29, 1.82) is 0 Å². The molecule has 0 saturated heterocycles. The lowest BCUT2D eigenvalue weighted by molar-refractivity contribution is -0.141. The predicted octanol–water partition coefficient (Wildman–Crippen LogP) is 9.57. The molecule has 0 heterocycles. The Labute approximate surface area is 360 Å². The second kappa shape index (κ2) is 42.1. The lowest BCUT2D eigenvalue weighted by Gasteiger charge is -2.28. The Kier molecular flexibility index (Phi) is 40.3. The summed E-state index contributed by atoms with van der Waals surface area (Å²) in [4.78, 5) is 65.0. The topological polar surface area (TPSA) is 168 Å². The molecule has 346 valence electrons. The molecule has 1 amide bonds. The largest absolute Gasteiger partial charge is 0.480 e. The highest BCUT2D eigenvalue weighted by Crippen LogP contribution is 2.15. The van der Waals surface area contributed by atoms with Crippen LogP contribution < -0.4 is 5.32 Å². The van der Waals surface area contributed by atoms with Crippen LogP contribution in [0.25, 0.3) is 0 Å². The highest BCUT2D eigenvalue weighted by atomic mass is 16.4. The van der Waals surface area contributed by atoms with Crippen molar-refractivity contribution in [3.63, 3.8) is 0 Å². The SMILES string of the molecule is CCCCCCCCCCCCCCCCCC(=O)CN(CCN(CCN(CC(=O)O)CC(=O)NCCCCCCCCCCCCCCCC)CC(=O)O)CC(=O)O. The van der Waals surface area contributed by atoms with Gasteiger partial charge in [0.25, 0.3) is 0 Å². The van der Waals surface area contributed by atoms with Gasteiger partial charge in [0.15, 0.2) is 0 Å². The van der Waals surface area contributed by atoms with Crippen molar-refractivity contribution in [3.8, 4) is 0 Å². The van der Waals surface area contributed by atoms with Crippen LogP contribution in [0.3, 0.4) is 0 Å². The van der Waals surface area contributed by atoms with Gasteiger partial charge in [-0.15, -0.1) is 0 Å². The summed E-state index contributed by atoms with van der Waals surface area (Å²) >= 11 is 0. The molecule has 0 bridgehead atoms. The minimum absolute atomic E-state index is 0.0174. The smallest absolute Gasteiger partial charge is 0.317 e. The van der Waals surface area contributed by atoms with Gasteiger partial charge in [-0.2, -0.15) is 0 Å². The van der Waals surface area contributed by atoms with Crippen LogP contribution in [-0.2, 0) is 24.0 Å². The lowest BCUT2D eigenvalue weighted by atomic mass is 10.0. The van der Waals surface area contributed by atoms with Crippen LogP contribution >= 0.6 is 0 Å². The summed E-state index contributed by atoms with van der Waals surface area (Å²) in [6.45, 7) is 4.51. The van der Waals surface area contributed by atoms with Gasteiger partial charge in [-0.25, -0.2) is 0 Å². The molecule has 4 N–H and O–H groups in total. The Morgan fingerprint density at radius 2 is 0.644 bits per heavy atom. The Balaban J connectivity index is 4.44. The van der Waals surface area contributed by atoms with Gasteiger partial charge < -0.3 is 20.6 Å². The van der Waals surface area contributed by atoms with E-state index in [2.05, 4.69) is 19.2 Å². The van der Waals surface area contributed by atoms with E-state index in [0.717, 1.165) is 38.5 Å². The quantitative estimate of drug-likeness (QED) is 0.0431. The number of rotatable bonds is 47. The van der Waals surface area contributed by atoms with E-state index in [-0.39, 0.29) is 70.6 Å². The summed E-state index contributed by atoms with van der Waals surface area (Å²) in [5.41, 5.74) is 0. The molecule has 12 nitrogen and oxygen atoms in total. The molecule has 0 spiro atoms. The highest BCUT2D eigenvalue weighted by Gasteiger charge is 2.20. The number of amides is 1. The van der Waals surface area contributed by atoms with Crippen LogP contribution in [-0.4, -0.2) is 125 Å². The van der Waals surface area contributed by atoms with Crippen molar-refractivity contribution in [2.45, 2.75) is 206 Å². The second-order valence-electron chi connectivity index (χ2n) is 17.1. The molecular weight excluding hydrogens is 749 g/mol. The Morgan fingerprint density at radius 3 is 1.00 bits per heavy atom. The van der Waals surface area contributed by atoms with Gasteiger partial charge in [-0.05, 0) is 12.8 Å². The number of unbranched alkanes of at least 4 members (excludes halogenated alkanes) is 27. The van der Waals surface area contributed by atoms with Crippen LogP contribution in [0.5, 0.6) is 0 Å². The summed E-state index contributed by atoms with van der Waals surface area (Å²) in [6.07, 6.45) is 36.5. The zero-order valence-corrected chi connectivity index (χ0v) is 38.0. The number of hydrogen-bond acceptors (Lipinski definition) is 8. The highest BCUT2D eigenvalue weighted by molar-refractivity contribution is 5.81. The van der Waals surface area contributed by atoms with Gasteiger partial charge in [0.05, 0.1) is 32.7 Å². The number of aliphatic carboxylic acids is 3. The summed E-state index contributed by atoms with van der Waals surface area (Å²) in [6, 6.07) is 0. The Morgan fingerprint density at radius 1 is 0.356 bits per heavy atom. The molecule has 0 aliphatic heterocycles. The number of hydrogen-bond donors (Lipinski definition) is 4. The van der Waals surface area contributed by atoms with Crippen molar-refractivity contribution >= 4 is 29.6 Å². The first-order chi connectivity index (χ1) is 28.6. The molecule has 12 heteroatoms. The van der Waals surface area contributed by atoms with Gasteiger partial charge in [0, 0.05) is 39.1 Å². The van der Waals surface area contributed by atoms with Crippen molar-refractivity contribution in [2.24, 2.45) is 0 Å². The molecule has 0 aromatic rings. The zero-order valence-electron chi connectivity index (χ0n) is 38.0. The van der Waals surface area contributed by atoms with E-state index in [1.807, 2.05) is 0 Å². The number of carbonyl (C=O) groups is 5. The normalized spacial score (nSPS) is 11.5. The van der Waals surface area contributed by atoms with Gasteiger partial charge in [0.2, 0.25) is 5.91 Å². The van der Waals surface area contributed by atoms with E-state index < -0.39 is 17.9 Å². The van der Waals surface area contributed by atoms with Crippen molar-refractivity contribution < 1.29 is 39.3 Å². The first kappa shape index (κ1) is 56.4. The summed E-state index contributed by atoms with van der Waals surface area (Å²) in [5.74, 6) is -3.53. The Bertz CT molecular complexity index is 974. The van der Waals surface area contributed by atoms with Crippen molar-refractivity contribution in [1.82, 2.24) is 20.0 Å². The monoisotopic (exact) mass is 839 g/mol. The van der Waals surface area contributed by atoms with Crippen LogP contribution in [0.4, 0.5) is 0 Å². The fourth-order valence-corrected chi connectivity index (χ4v) is 7.67. The zero-order chi connectivity index (χ0) is 43.6. The van der Waals surface area contributed by atoms with E-state index in [9.17, 15) is 39.3 Å². The number of carbonyl (C=O) groups excluding carboxylic acids is 2. The molecule has 0 atom stereocenters. The predicted molar refractivity (Wildman–Crippen MR) is 240 cm³/mol. The molecule has 0 aromatic heterocycles. The summed E-state index contributed by atoms with van der Waals surface area (Å²) in [7, 11) is 0. The minimum Gasteiger partial charge on any atom is -0.480 e. The van der Waals surface area contributed by atoms with Crippen LogP contribution in [0.15, 0.2) is 0 Å². The van der Waals surface area contributed by atoms with E-state index >= 15 is 0 Å². The first-order valence-electron chi connectivity index (χ1n) is 24.2. The number of Topliss-reactive ketones (excluding diaryl/α,β-unsaturated/α-hetero) is 1. The molecule has 0 saturated carbocycles. The maximum Gasteiger partial charge on any atom is 0.317 e. The van der Waals surface area contributed by atoms with E-state index in [4.69, 9.17) is 0 Å². The third-order valence-corrected chi connectivity index (χ3v) is 11.2. The summed E-state index contributed by atoms with van der Waals surface area (Å²) in [5, 5.41) is 31.4. The van der Waals surface area contributed by atoms with E-state index in [1.54, 1.807) is 4.90 Å². The molecular formula is C47H90N4O8. The maximum absolute atomic E-state index is 12.8. The van der Waals surface area contributed by atoms with Crippen LogP contribution in [0.2, 0.25) is 0 Å². The molecule has 0 fully saturated rings. The molecule has 0 unspecified atom stereocenters. The molecule has 0 aromatic carbocycles. The number of ketones is 1. The number of carboxylic acids is 3. The van der Waals surface area contributed by atoms with E-state index in [0.29, 0.717) is 13.0 Å². The lowest BCUT2D eigenvalue weighted by Crippen LogP contribution is -2.46. The number of nitrogens with one attached hydrogen (secondary N) is 1. The second-order valence-corrected chi connectivity index (χ2v) is 17.1. The number of carboxylic acid groups (broad SMARTS) is 3.